The van der Waals surface area contributed by atoms with Gasteiger partial charge in [0.15, 0.2) is 11.5 Å². The minimum atomic E-state index is -4.75. The maximum absolute atomic E-state index is 13.5. The highest BCUT2D eigenvalue weighted by Crippen LogP contribution is 2.49. The first-order chi connectivity index (χ1) is 13.3. The van der Waals surface area contributed by atoms with Crippen LogP contribution in [0.15, 0.2) is 23.6 Å². The summed E-state index contributed by atoms with van der Waals surface area (Å²) in [6, 6.07) is 4.71. The third-order valence-electron chi connectivity index (χ3n) is 4.24. The Morgan fingerprint density at radius 2 is 1.79 bits per heavy atom. The van der Waals surface area contributed by atoms with E-state index in [1.54, 1.807) is 0 Å². The molecular weight excluding hydrogens is 381 g/mol. The van der Waals surface area contributed by atoms with Crippen LogP contribution in [0, 0.1) is 11.3 Å². The van der Waals surface area contributed by atoms with Crippen molar-refractivity contribution in [1.29, 1.82) is 5.26 Å². The van der Waals surface area contributed by atoms with Crippen LogP contribution in [0.5, 0.6) is 23.1 Å². The Bertz CT molecular complexity index is 966. The first-order valence-corrected chi connectivity index (χ1v) is 7.79. The highest BCUT2D eigenvalue weighted by molar-refractivity contribution is 5.61. The van der Waals surface area contributed by atoms with Crippen molar-refractivity contribution in [1.82, 2.24) is 10.2 Å². The van der Waals surface area contributed by atoms with Crippen molar-refractivity contribution in [3.63, 3.8) is 0 Å². The lowest BCUT2D eigenvalue weighted by molar-refractivity contribution is -0.141. The molecule has 0 saturated carbocycles. The number of alkyl halides is 3. The number of hydrogen-bond acceptors (Lipinski definition) is 7. The molecule has 2 aromatic rings. The molecule has 1 atom stereocenters. The molecule has 1 aliphatic heterocycles. The Morgan fingerprint density at radius 1 is 1.18 bits per heavy atom. The first kappa shape index (κ1) is 19.2. The monoisotopic (exact) mass is 396 g/mol. The molecule has 1 aromatic carbocycles. The van der Waals surface area contributed by atoms with E-state index < -0.39 is 17.8 Å². The van der Waals surface area contributed by atoms with Gasteiger partial charge in [-0.2, -0.15) is 18.4 Å². The number of rotatable bonds is 4. The summed E-state index contributed by atoms with van der Waals surface area (Å²) in [5, 5.41) is 15.0. The SMILES string of the molecule is COc1cc(C2C(C#N)=C(N)Oc3n[nH]c(C(F)(F)F)c32)cc(OC)c1OC. The molecule has 0 amide bonds. The van der Waals surface area contributed by atoms with Crippen LogP contribution in [-0.4, -0.2) is 31.5 Å². The standard InChI is InChI=1S/C17H15F3N4O4/c1-25-9-4-7(5-10(26-2)13(9)27-3)11-8(6-21)15(22)28-16-12(11)14(23-24-16)17(18,19)20/h4-5,11H,22H2,1-3H3,(H,23,24). The number of ether oxygens (including phenoxy) is 4. The van der Waals surface area contributed by atoms with Gasteiger partial charge in [0.25, 0.3) is 0 Å². The fourth-order valence-electron chi connectivity index (χ4n) is 3.06. The predicted octanol–water partition coefficient (Wildman–Crippen LogP) is 2.67. The van der Waals surface area contributed by atoms with Gasteiger partial charge in [-0.1, -0.05) is 0 Å². The fraction of sp³-hybridized carbons (Fsp3) is 0.294. The van der Waals surface area contributed by atoms with Crippen molar-refractivity contribution in [3.05, 3.63) is 40.4 Å². The number of fused-ring (bicyclic) bond motifs is 1. The predicted molar refractivity (Wildman–Crippen MR) is 89.0 cm³/mol. The second-order valence-corrected chi connectivity index (χ2v) is 5.70. The van der Waals surface area contributed by atoms with Crippen LogP contribution < -0.4 is 24.7 Å². The van der Waals surface area contributed by atoms with Crippen LogP contribution in [0.2, 0.25) is 0 Å². The topological polar surface area (TPSA) is 115 Å². The molecule has 8 nitrogen and oxygen atoms in total. The van der Waals surface area contributed by atoms with Gasteiger partial charge in [0.1, 0.15) is 17.3 Å². The van der Waals surface area contributed by atoms with E-state index in [0.717, 1.165) is 0 Å². The Hall–Kier alpha value is -3.55. The van der Waals surface area contributed by atoms with Crippen molar-refractivity contribution in [2.45, 2.75) is 12.1 Å². The molecule has 1 aliphatic rings. The van der Waals surface area contributed by atoms with Crippen LogP contribution in [0.3, 0.4) is 0 Å². The number of aromatic amines is 1. The molecule has 2 heterocycles. The molecule has 148 valence electrons. The minimum absolute atomic E-state index is 0.200. The molecule has 1 aromatic heterocycles. The number of nitrogens with zero attached hydrogens (tertiary/aromatic N) is 2. The zero-order valence-corrected chi connectivity index (χ0v) is 15.0. The summed E-state index contributed by atoms with van der Waals surface area (Å²) < 4.78 is 61.4. The van der Waals surface area contributed by atoms with Gasteiger partial charge in [-0.3, -0.25) is 5.10 Å². The molecule has 11 heteroatoms. The molecule has 0 saturated heterocycles. The van der Waals surface area contributed by atoms with Crippen molar-refractivity contribution >= 4 is 0 Å². The Morgan fingerprint density at radius 3 is 2.25 bits per heavy atom. The third-order valence-corrected chi connectivity index (χ3v) is 4.24. The molecule has 3 rings (SSSR count). The highest BCUT2D eigenvalue weighted by Gasteiger charge is 2.44. The van der Waals surface area contributed by atoms with Gasteiger partial charge in [-0.25, -0.2) is 0 Å². The van der Waals surface area contributed by atoms with Crippen LogP contribution in [0.25, 0.3) is 0 Å². The lowest BCUT2D eigenvalue weighted by Crippen LogP contribution is -2.23. The summed E-state index contributed by atoms with van der Waals surface area (Å²) in [5.74, 6) is -1.25. The number of aromatic nitrogens is 2. The molecule has 3 N–H and O–H groups in total. The van der Waals surface area contributed by atoms with Crippen molar-refractivity contribution in [2.75, 3.05) is 21.3 Å². The van der Waals surface area contributed by atoms with E-state index in [1.807, 2.05) is 11.2 Å². The number of nitriles is 1. The number of nitrogens with one attached hydrogen (secondary N) is 1. The summed E-state index contributed by atoms with van der Waals surface area (Å²) in [5.41, 5.74) is 4.32. The first-order valence-electron chi connectivity index (χ1n) is 7.79. The van der Waals surface area contributed by atoms with Crippen molar-refractivity contribution in [3.8, 4) is 29.2 Å². The number of methoxy groups -OCH3 is 3. The van der Waals surface area contributed by atoms with Crippen LogP contribution in [0.1, 0.15) is 22.7 Å². The van der Waals surface area contributed by atoms with E-state index in [-0.39, 0.29) is 45.7 Å². The average molecular weight is 396 g/mol. The third kappa shape index (κ3) is 2.92. The minimum Gasteiger partial charge on any atom is -0.493 e. The van der Waals surface area contributed by atoms with Gasteiger partial charge in [0.2, 0.25) is 17.5 Å². The lowest BCUT2D eigenvalue weighted by Gasteiger charge is -2.25. The largest absolute Gasteiger partial charge is 0.493 e. The Labute approximate surface area is 157 Å². The van der Waals surface area contributed by atoms with E-state index in [0.29, 0.717) is 0 Å². The molecule has 0 spiro atoms. The quantitative estimate of drug-likeness (QED) is 0.816. The molecule has 0 fully saturated rings. The molecule has 28 heavy (non-hydrogen) atoms. The summed E-state index contributed by atoms with van der Waals surface area (Å²) in [6.07, 6.45) is -4.75. The summed E-state index contributed by atoms with van der Waals surface area (Å²) in [7, 11) is 4.12. The summed E-state index contributed by atoms with van der Waals surface area (Å²) in [6.45, 7) is 0. The van der Waals surface area contributed by atoms with Crippen molar-refractivity contribution < 1.29 is 32.1 Å². The van der Waals surface area contributed by atoms with Gasteiger partial charge in [-0.05, 0) is 17.7 Å². The normalized spacial score (nSPS) is 16.1. The number of allylic oxidation sites excluding steroid dienone is 1. The smallest absolute Gasteiger partial charge is 0.433 e. The average Bonchev–Trinajstić information content (AvgIpc) is 3.09. The second-order valence-electron chi connectivity index (χ2n) is 5.70. The van der Waals surface area contributed by atoms with E-state index in [9.17, 15) is 18.4 Å². The second kappa shape index (κ2) is 6.88. The fourth-order valence-corrected chi connectivity index (χ4v) is 3.06. The van der Waals surface area contributed by atoms with Gasteiger partial charge >= 0.3 is 6.18 Å². The maximum atomic E-state index is 13.5. The summed E-state index contributed by atoms with van der Waals surface area (Å²) in [4.78, 5) is 0. The number of nitrogens with two attached hydrogens (primary N) is 1. The van der Waals surface area contributed by atoms with Gasteiger partial charge in [-0.15, -0.1) is 5.10 Å². The Balaban J connectivity index is 2.32. The van der Waals surface area contributed by atoms with Gasteiger partial charge in [0.05, 0.1) is 32.8 Å². The molecule has 0 bridgehead atoms. The van der Waals surface area contributed by atoms with Gasteiger partial charge < -0.3 is 24.7 Å². The van der Waals surface area contributed by atoms with Crippen molar-refractivity contribution in [2.24, 2.45) is 5.73 Å². The van der Waals surface area contributed by atoms with Crippen LogP contribution >= 0.6 is 0 Å². The Kier molecular flexibility index (Phi) is 4.72. The zero-order valence-electron chi connectivity index (χ0n) is 15.0. The van der Waals surface area contributed by atoms with Gasteiger partial charge in [0, 0.05) is 0 Å². The van der Waals surface area contributed by atoms with Crippen LogP contribution in [0.4, 0.5) is 13.2 Å². The highest BCUT2D eigenvalue weighted by atomic mass is 19.4. The van der Waals surface area contributed by atoms with E-state index >= 15 is 0 Å². The number of halogens is 3. The molecule has 0 aliphatic carbocycles. The lowest BCUT2D eigenvalue weighted by atomic mass is 9.83. The maximum Gasteiger partial charge on any atom is 0.433 e. The zero-order chi connectivity index (χ0) is 20.6. The molecular formula is C17H15F3N4O4. The number of hydrogen-bond donors (Lipinski definition) is 2. The molecule has 1 unspecified atom stereocenters. The van der Waals surface area contributed by atoms with E-state index in [1.165, 1.54) is 33.5 Å². The van der Waals surface area contributed by atoms with E-state index in [4.69, 9.17) is 24.7 Å². The van der Waals surface area contributed by atoms with Crippen LogP contribution in [-0.2, 0) is 6.18 Å². The number of H-pyrrole nitrogens is 1. The summed E-state index contributed by atoms with van der Waals surface area (Å²) >= 11 is 0. The number of benzene rings is 1. The molecule has 0 radical (unpaired) electrons. The van der Waals surface area contributed by atoms with E-state index in [2.05, 4.69) is 5.10 Å².